The summed E-state index contributed by atoms with van der Waals surface area (Å²) in [5, 5.41) is 2.62. The van der Waals surface area contributed by atoms with Crippen molar-refractivity contribution < 1.29 is 1.41 Å². The van der Waals surface area contributed by atoms with Gasteiger partial charge in [0.1, 0.15) is 0 Å². The van der Waals surface area contributed by atoms with Gasteiger partial charge in [0, 0.05) is 7.05 Å². The number of hydrogen-bond donors (Lipinski definition) is 2. The minimum atomic E-state index is 0.509. The van der Waals surface area contributed by atoms with Crippen molar-refractivity contribution >= 4 is 0 Å². The van der Waals surface area contributed by atoms with Gasteiger partial charge in [-0.1, -0.05) is 6.58 Å². The molecule has 0 saturated heterocycles. The third-order valence-corrected chi connectivity index (χ3v) is 0.302. The van der Waals surface area contributed by atoms with Gasteiger partial charge in [0.15, 0.2) is 1.41 Å². The summed E-state index contributed by atoms with van der Waals surface area (Å²) in [6, 6.07) is 0. The molecule has 30 valence electrons. The Morgan fingerprint density at radius 1 is 2.40 bits per heavy atom. The van der Waals surface area contributed by atoms with Crippen LogP contribution in [-0.4, -0.2) is 7.05 Å². The first-order valence-electron chi connectivity index (χ1n) is 1.85. The normalized spacial score (nSPS) is 8.60. The average Bonchev–Trinajstić information content (AvgIpc) is 1.65. The van der Waals surface area contributed by atoms with E-state index in [0.717, 1.165) is 0 Å². The molecule has 0 aromatic heterocycles. The number of hydrogen-bond acceptors (Lipinski definition) is 2. The van der Waals surface area contributed by atoms with Crippen molar-refractivity contribution in [2.75, 3.05) is 7.05 Å². The Morgan fingerprint density at radius 2 is 3.00 bits per heavy atom. The highest BCUT2D eigenvalue weighted by Crippen LogP contribution is 1.52. The zero-order valence-corrected chi connectivity index (χ0v) is 3.21. The second kappa shape index (κ2) is 1.64. The lowest BCUT2D eigenvalue weighted by atomic mass is 10.8. The monoisotopic (exact) mass is 73.1 g/mol. The van der Waals surface area contributed by atoms with Crippen LogP contribution in [0.5, 0.6) is 0 Å². The summed E-state index contributed by atoms with van der Waals surface area (Å²) in [6.45, 7) is 3.38. The van der Waals surface area contributed by atoms with Crippen LogP contribution in [0.3, 0.4) is 0 Å². The molecule has 0 saturated carbocycles. The highest BCUT2D eigenvalue weighted by molar-refractivity contribution is 4.78. The minimum Gasteiger partial charge on any atom is -0.386 e. The Hall–Kier alpha value is -0.660. The van der Waals surface area contributed by atoms with E-state index in [2.05, 4.69) is 17.6 Å². The Kier molecular flexibility index (Phi) is 0.843. The van der Waals surface area contributed by atoms with E-state index >= 15 is 0 Å². The molecule has 0 aromatic carbocycles. The summed E-state index contributed by atoms with van der Waals surface area (Å²) in [7, 11) is 1.70. The van der Waals surface area contributed by atoms with E-state index in [1.807, 2.05) is 0 Å². The van der Waals surface area contributed by atoms with E-state index in [-0.39, 0.29) is 0 Å². The van der Waals surface area contributed by atoms with Gasteiger partial charge in [0.05, 0.1) is 5.82 Å². The quantitative estimate of drug-likeness (QED) is 0.468. The highest BCUT2D eigenvalue weighted by Gasteiger charge is 1.62. The van der Waals surface area contributed by atoms with Crippen LogP contribution in [0, 0.1) is 0 Å². The van der Waals surface area contributed by atoms with E-state index in [9.17, 15) is 0 Å². The topological polar surface area (TPSA) is 38.0 Å². The van der Waals surface area contributed by atoms with Crippen molar-refractivity contribution in [1.82, 2.24) is 5.32 Å². The van der Waals surface area contributed by atoms with Gasteiger partial charge in [-0.25, -0.2) is 0 Å². The molecule has 0 aliphatic carbocycles. The van der Waals surface area contributed by atoms with Gasteiger partial charge in [-0.2, -0.15) is 0 Å². The smallest absolute Gasteiger partial charge is 0.158 e. The molecule has 2 nitrogen and oxygen atoms in total. The first kappa shape index (κ1) is 2.57. The molecule has 0 unspecified atom stereocenters. The average molecular weight is 73.1 g/mol. The van der Waals surface area contributed by atoms with Crippen LogP contribution >= 0.6 is 0 Å². The molecule has 0 fully saturated rings. The second-order valence-electron chi connectivity index (χ2n) is 0.729. The van der Waals surface area contributed by atoms with Crippen LogP contribution in [0.1, 0.15) is 0 Å². The van der Waals surface area contributed by atoms with E-state index in [1.165, 1.54) is 0 Å². The van der Waals surface area contributed by atoms with Crippen LogP contribution < -0.4 is 11.0 Å². The van der Waals surface area contributed by atoms with Crippen LogP contribution in [0.4, 0.5) is 0 Å². The zero-order chi connectivity index (χ0) is 4.99. The van der Waals surface area contributed by atoms with Crippen LogP contribution in [0.25, 0.3) is 0 Å². The number of nitrogens with one attached hydrogen (secondary N) is 1. The molecule has 5 heavy (non-hydrogen) atoms. The fourth-order valence-corrected chi connectivity index (χ4v) is 0. The summed E-state index contributed by atoms with van der Waals surface area (Å²) in [6.07, 6.45) is 0. The number of nitrogens with two attached hydrogens (primary N) is 1. The Morgan fingerprint density at radius 3 is 3.00 bits per heavy atom. The summed E-state index contributed by atoms with van der Waals surface area (Å²) >= 11 is 0. The minimum absolute atomic E-state index is 0.509. The van der Waals surface area contributed by atoms with E-state index < -0.39 is 0 Å². The Balaban J connectivity index is 2.99. The maximum atomic E-state index is 6.40. The molecule has 0 amide bonds. The van der Waals surface area contributed by atoms with Crippen molar-refractivity contribution in [3.63, 3.8) is 0 Å². The molecular weight excluding hydrogens is 64.0 g/mol. The number of rotatable bonds is 2. The van der Waals surface area contributed by atoms with Crippen molar-refractivity contribution in [3.8, 4) is 0 Å². The van der Waals surface area contributed by atoms with Crippen LogP contribution in [0.15, 0.2) is 12.4 Å². The Labute approximate surface area is 33.1 Å². The predicted molar refractivity (Wildman–Crippen MR) is 22.4 cm³/mol. The van der Waals surface area contributed by atoms with Gasteiger partial charge < -0.3 is 11.0 Å². The fraction of sp³-hybridized carbons (Fsp3) is 0.333. The molecule has 0 spiro atoms. The lowest BCUT2D eigenvalue weighted by molar-refractivity contribution is 0.974. The fourth-order valence-electron chi connectivity index (χ4n) is 0. The van der Waals surface area contributed by atoms with Gasteiger partial charge in [-0.3, -0.25) is 0 Å². The molecule has 0 aliphatic heterocycles. The lowest BCUT2D eigenvalue weighted by Crippen LogP contribution is -2.11. The predicted octanol–water partition coefficient (Wildman–Crippen LogP) is -0.364. The Bertz CT molecular complexity index is 46.8. The van der Waals surface area contributed by atoms with Crippen molar-refractivity contribution in [1.29, 1.82) is 0 Å². The molecule has 0 bridgehead atoms. The summed E-state index contributed by atoms with van der Waals surface area (Å²) in [4.78, 5) is 0. The molecule has 0 heterocycles. The third kappa shape index (κ3) is 3.34. The molecule has 3 N–H and O–H groups in total. The third-order valence-electron chi connectivity index (χ3n) is 0.302. The molecular formula is C3H8N2. The molecule has 2 heteroatoms. The molecule has 0 radical (unpaired) electrons. The molecule has 0 rings (SSSR count). The first-order chi connectivity index (χ1) is 2.81. The zero-order valence-electron chi connectivity index (χ0n) is 4.21. The maximum absolute atomic E-state index is 6.40. The summed E-state index contributed by atoms with van der Waals surface area (Å²) in [5.41, 5.74) is 2.06. The second-order valence-corrected chi connectivity index (χ2v) is 0.729. The van der Waals surface area contributed by atoms with Gasteiger partial charge in [0.25, 0.3) is 0 Å². The van der Waals surface area contributed by atoms with Crippen molar-refractivity contribution in [3.05, 3.63) is 12.4 Å². The molecule has 0 aromatic rings. The van der Waals surface area contributed by atoms with Crippen LogP contribution in [0.2, 0.25) is 1.41 Å². The first-order valence-corrected chi connectivity index (χ1v) is 1.35. The van der Waals surface area contributed by atoms with Gasteiger partial charge >= 0.3 is 0 Å². The standard InChI is InChI=1S/C3H8N2/c1-3(4)5-2/h5H,1,4H2,2H3/i/hD. The summed E-state index contributed by atoms with van der Waals surface area (Å²) < 4.78 is 6.40. The van der Waals surface area contributed by atoms with Gasteiger partial charge in [-0.15, -0.1) is 0 Å². The SMILES string of the molecule is [2H]NC(=C)NC. The summed E-state index contributed by atoms with van der Waals surface area (Å²) in [5.74, 6) is 0.509. The van der Waals surface area contributed by atoms with E-state index in [4.69, 9.17) is 1.41 Å². The van der Waals surface area contributed by atoms with Crippen molar-refractivity contribution in [2.24, 2.45) is 5.73 Å². The van der Waals surface area contributed by atoms with E-state index in [0.29, 0.717) is 5.82 Å². The lowest BCUT2D eigenvalue weighted by Gasteiger charge is -1.88. The van der Waals surface area contributed by atoms with E-state index in [1.54, 1.807) is 7.05 Å². The van der Waals surface area contributed by atoms with Crippen molar-refractivity contribution in [2.45, 2.75) is 0 Å². The van der Waals surface area contributed by atoms with Gasteiger partial charge in [-0.05, 0) is 0 Å². The van der Waals surface area contributed by atoms with Crippen LogP contribution in [-0.2, 0) is 0 Å². The maximum Gasteiger partial charge on any atom is 0.158 e. The molecule has 0 aliphatic rings. The highest BCUT2D eigenvalue weighted by atomic mass is 14.9. The van der Waals surface area contributed by atoms with Gasteiger partial charge in [0.2, 0.25) is 0 Å². The molecule has 0 atom stereocenters. The largest absolute Gasteiger partial charge is 0.386 e.